The zero-order valence-electron chi connectivity index (χ0n) is 11.9. The lowest BCUT2D eigenvalue weighted by Crippen LogP contribution is -2.61. The van der Waals surface area contributed by atoms with Crippen molar-refractivity contribution >= 4 is 12.0 Å². The Kier molecular flexibility index (Phi) is 3.45. The van der Waals surface area contributed by atoms with E-state index in [9.17, 15) is 9.59 Å². The van der Waals surface area contributed by atoms with Crippen LogP contribution in [-0.2, 0) is 4.74 Å². The Bertz CT molecular complexity index is 565. The van der Waals surface area contributed by atoms with E-state index < -0.39 is 5.72 Å². The molecule has 0 radical (unpaired) electrons. The molecule has 6 nitrogen and oxygen atoms in total. The van der Waals surface area contributed by atoms with Crippen LogP contribution in [0.2, 0.25) is 0 Å². The Morgan fingerprint density at radius 1 is 1.38 bits per heavy atom. The van der Waals surface area contributed by atoms with Crippen molar-refractivity contribution in [3.63, 3.8) is 0 Å². The van der Waals surface area contributed by atoms with E-state index in [-0.39, 0.29) is 12.0 Å². The third-order valence-electron chi connectivity index (χ3n) is 3.88. The van der Waals surface area contributed by atoms with Crippen LogP contribution < -0.4 is 10.1 Å². The van der Waals surface area contributed by atoms with Gasteiger partial charge in [0.2, 0.25) is 0 Å². The summed E-state index contributed by atoms with van der Waals surface area (Å²) in [4.78, 5) is 25.5. The fraction of sp³-hybridized carbons (Fsp3) is 0.467. The molecule has 3 rings (SSSR count). The number of carbonyl (C=O) groups excluding carboxylic acids is 2. The van der Waals surface area contributed by atoms with Gasteiger partial charge in [0.1, 0.15) is 5.75 Å². The molecule has 112 valence electrons. The van der Waals surface area contributed by atoms with Gasteiger partial charge in [-0.05, 0) is 19.1 Å². The number of nitrogens with zero attached hydrogens (tertiary/aromatic N) is 1. The highest BCUT2D eigenvalue weighted by Gasteiger charge is 2.43. The zero-order valence-corrected chi connectivity index (χ0v) is 11.9. The molecular formula is C15H18N2O4. The molecule has 0 atom stereocenters. The molecule has 0 unspecified atom stereocenters. The second-order valence-corrected chi connectivity index (χ2v) is 5.23. The maximum atomic E-state index is 12.2. The van der Waals surface area contributed by atoms with Crippen LogP contribution in [0, 0.1) is 0 Å². The number of carbonyl (C=O) groups is 2. The Balaban J connectivity index is 1.72. The number of para-hydroxylation sites is 1. The molecule has 2 aliphatic heterocycles. The van der Waals surface area contributed by atoms with Gasteiger partial charge in [-0.25, -0.2) is 4.79 Å². The molecule has 0 aliphatic carbocycles. The van der Waals surface area contributed by atoms with E-state index in [1.807, 2.05) is 12.1 Å². The van der Waals surface area contributed by atoms with Crippen LogP contribution in [0.15, 0.2) is 24.3 Å². The second kappa shape index (κ2) is 5.27. The minimum absolute atomic E-state index is 0.124. The zero-order chi connectivity index (χ0) is 14.9. The minimum atomic E-state index is -0.714. The summed E-state index contributed by atoms with van der Waals surface area (Å²) < 4.78 is 11.0. The molecule has 1 aromatic carbocycles. The van der Waals surface area contributed by atoms with Gasteiger partial charge >= 0.3 is 6.09 Å². The van der Waals surface area contributed by atoms with E-state index in [2.05, 4.69) is 5.32 Å². The average molecular weight is 290 g/mol. The van der Waals surface area contributed by atoms with Gasteiger partial charge in [-0.1, -0.05) is 12.1 Å². The summed E-state index contributed by atoms with van der Waals surface area (Å²) in [6, 6.07) is 7.20. The van der Waals surface area contributed by atoms with Gasteiger partial charge in [0.25, 0.3) is 5.91 Å². The summed E-state index contributed by atoms with van der Waals surface area (Å²) in [5.41, 5.74) is -0.162. The Labute approximate surface area is 123 Å². The highest BCUT2D eigenvalue weighted by molar-refractivity contribution is 5.98. The van der Waals surface area contributed by atoms with E-state index in [1.54, 1.807) is 24.0 Å². The fourth-order valence-corrected chi connectivity index (χ4v) is 2.75. The van der Waals surface area contributed by atoms with Crippen molar-refractivity contribution in [2.24, 2.45) is 0 Å². The maximum absolute atomic E-state index is 12.2. The smallest absolute Gasteiger partial charge is 0.409 e. The van der Waals surface area contributed by atoms with Crippen molar-refractivity contribution in [3.05, 3.63) is 29.8 Å². The average Bonchev–Trinajstić information content (AvgIpc) is 2.48. The van der Waals surface area contributed by atoms with Crippen LogP contribution in [0.4, 0.5) is 4.79 Å². The first-order chi connectivity index (χ1) is 10.1. The van der Waals surface area contributed by atoms with E-state index in [4.69, 9.17) is 9.47 Å². The number of fused-ring (bicyclic) bond motifs is 1. The highest BCUT2D eigenvalue weighted by Crippen LogP contribution is 2.33. The second-order valence-electron chi connectivity index (χ2n) is 5.23. The number of rotatable bonds is 1. The van der Waals surface area contributed by atoms with Crippen LogP contribution in [-0.4, -0.2) is 42.3 Å². The first-order valence-electron chi connectivity index (χ1n) is 7.16. The van der Waals surface area contributed by atoms with E-state index >= 15 is 0 Å². The number of amides is 2. The first kappa shape index (κ1) is 13.7. The molecule has 1 N–H and O–H groups in total. The highest BCUT2D eigenvalue weighted by atomic mass is 16.6. The van der Waals surface area contributed by atoms with Crippen molar-refractivity contribution in [1.82, 2.24) is 10.2 Å². The number of hydrogen-bond acceptors (Lipinski definition) is 4. The lowest BCUT2D eigenvalue weighted by Gasteiger charge is -2.44. The van der Waals surface area contributed by atoms with E-state index in [0.717, 1.165) is 0 Å². The molecule has 21 heavy (non-hydrogen) atoms. The van der Waals surface area contributed by atoms with Gasteiger partial charge in [0.15, 0.2) is 5.72 Å². The van der Waals surface area contributed by atoms with Crippen molar-refractivity contribution in [1.29, 1.82) is 0 Å². The van der Waals surface area contributed by atoms with Gasteiger partial charge in [-0.3, -0.25) is 4.79 Å². The summed E-state index contributed by atoms with van der Waals surface area (Å²) in [5.74, 6) is 0.479. The monoisotopic (exact) mass is 290 g/mol. The summed E-state index contributed by atoms with van der Waals surface area (Å²) >= 11 is 0. The van der Waals surface area contributed by atoms with Gasteiger partial charge in [-0.2, -0.15) is 0 Å². The first-order valence-corrected chi connectivity index (χ1v) is 7.16. The lowest BCUT2D eigenvalue weighted by atomic mass is 9.97. The number of piperidine rings is 1. The molecule has 2 aliphatic rings. The Morgan fingerprint density at radius 2 is 2.10 bits per heavy atom. The van der Waals surface area contributed by atoms with E-state index in [0.29, 0.717) is 43.9 Å². The summed E-state index contributed by atoms with van der Waals surface area (Å²) in [5, 5.41) is 2.94. The SMILES string of the molecule is CCOC(=O)N1CCC2(CC1)NC(=O)c1ccccc1O2. The van der Waals surface area contributed by atoms with Crippen molar-refractivity contribution in [2.75, 3.05) is 19.7 Å². The third-order valence-corrected chi connectivity index (χ3v) is 3.88. The maximum Gasteiger partial charge on any atom is 0.409 e. The molecule has 1 spiro atoms. The minimum Gasteiger partial charge on any atom is -0.467 e. The van der Waals surface area contributed by atoms with Crippen LogP contribution in [0.1, 0.15) is 30.1 Å². The summed E-state index contributed by atoms with van der Waals surface area (Å²) in [7, 11) is 0. The van der Waals surface area contributed by atoms with Gasteiger partial charge < -0.3 is 19.7 Å². The van der Waals surface area contributed by atoms with Crippen molar-refractivity contribution in [2.45, 2.75) is 25.5 Å². The normalized spacial score (nSPS) is 19.5. The predicted octanol–water partition coefficient (Wildman–Crippen LogP) is 1.76. The number of likely N-dealkylation sites (tertiary alicyclic amines) is 1. The standard InChI is InChI=1S/C15H18N2O4/c1-2-20-14(19)17-9-7-15(8-10-17)16-13(18)11-5-3-4-6-12(11)21-15/h3-6H,2,7-10H2,1H3,(H,16,18). The molecular weight excluding hydrogens is 272 g/mol. The van der Waals surface area contributed by atoms with Crippen molar-refractivity contribution < 1.29 is 19.1 Å². The predicted molar refractivity (Wildman–Crippen MR) is 75.1 cm³/mol. The third kappa shape index (κ3) is 2.53. The number of ether oxygens (including phenoxy) is 2. The summed E-state index contributed by atoms with van der Waals surface area (Å²) in [6.45, 7) is 3.15. The Hall–Kier alpha value is -2.24. The molecule has 1 aromatic rings. The molecule has 0 aromatic heterocycles. The van der Waals surface area contributed by atoms with E-state index in [1.165, 1.54) is 0 Å². The molecule has 0 saturated carbocycles. The van der Waals surface area contributed by atoms with Gasteiger partial charge in [0, 0.05) is 25.9 Å². The topological polar surface area (TPSA) is 67.9 Å². The molecule has 2 heterocycles. The van der Waals surface area contributed by atoms with Crippen LogP contribution in [0.25, 0.3) is 0 Å². The van der Waals surface area contributed by atoms with Gasteiger partial charge in [0.05, 0.1) is 12.2 Å². The fourth-order valence-electron chi connectivity index (χ4n) is 2.75. The number of benzene rings is 1. The molecule has 0 bridgehead atoms. The quantitative estimate of drug-likeness (QED) is 0.855. The Morgan fingerprint density at radius 3 is 2.81 bits per heavy atom. The lowest BCUT2D eigenvalue weighted by molar-refractivity contribution is -0.0273. The number of hydrogen-bond donors (Lipinski definition) is 1. The van der Waals surface area contributed by atoms with Crippen LogP contribution in [0.3, 0.4) is 0 Å². The van der Waals surface area contributed by atoms with Crippen LogP contribution in [0.5, 0.6) is 5.75 Å². The number of nitrogens with one attached hydrogen (secondary N) is 1. The summed E-state index contributed by atoms with van der Waals surface area (Å²) in [6.07, 6.45) is 0.785. The molecule has 1 fully saturated rings. The van der Waals surface area contributed by atoms with Crippen molar-refractivity contribution in [3.8, 4) is 5.75 Å². The van der Waals surface area contributed by atoms with Gasteiger partial charge in [-0.15, -0.1) is 0 Å². The molecule has 6 heteroatoms. The largest absolute Gasteiger partial charge is 0.467 e. The molecule has 1 saturated heterocycles. The molecule has 2 amide bonds. The van der Waals surface area contributed by atoms with Crippen LogP contribution >= 0.6 is 0 Å².